The maximum Gasteiger partial charge on any atom is 0.433 e. The van der Waals surface area contributed by atoms with E-state index < -0.39 is 22.7 Å². The minimum Gasteiger partial charge on any atom is -0.326 e. The summed E-state index contributed by atoms with van der Waals surface area (Å²) in [5.74, 6) is 0.607. The van der Waals surface area contributed by atoms with Gasteiger partial charge in [-0.1, -0.05) is 18.5 Å². The Labute approximate surface area is 148 Å². The molecule has 0 saturated heterocycles. The van der Waals surface area contributed by atoms with Gasteiger partial charge in [-0.05, 0) is 12.1 Å². The van der Waals surface area contributed by atoms with Gasteiger partial charge < -0.3 is 4.57 Å². The first kappa shape index (κ1) is 17.8. The van der Waals surface area contributed by atoms with Crippen LogP contribution in [0.25, 0.3) is 22.4 Å². The van der Waals surface area contributed by atoms with Crippen LogP contribution < -0.4 is 0 Å². The van der Waals surface area contributed by atoms with E-state index >= 15 is 0 Å². The van der Waals surface area contributed by atoms with Gasteiger partial charge in [-0.3, -0.25) is 4.21 Å². The number of alkyl halides is 3. The number of rotatable bonds is 3. The summed E-state index contributed by atoms with van der Waals surface area (Å²) in [6, 6.07) is 2.39. The molecule has 0 saturated carbocycles. The maximum atomic E-state index is 12.9. The zero-order chi connectivity index (χ0) is 18.4. The van der Waals surface area contributed by atoms with Crippen LogP contribution in [0.3, 0.4) is 0 Å². The van der Waals surface area contributed by atoms with Crippen LogP contribution in [0.5, 0.6) is 0 Å². The van der Waals surface area contributed by atoms with E-state index in [1.54, 1.807) is 18.5 Å². The van der Waals surface area contributed by atoms with Crippen molar-refractivity contribution in [3.05, 3.63) is 35.2 Å². The summed E-state index contributed by atoms with van der Waals surface area (Å²) < 4.78 is 52.4. The Morgan fingerprint density at radius 1 is 1.32 bits per heavy atom. The van der Waals surface area contributed by atoms with Crippen molar-refractivity contribution in [1.29, 1.82) is 0 Å². The number of hydrogen-bond acceptors (Lipinski definition) is 4. The van der Waals surface area contributed by atoms with Crippen molar-refractivity contribution in [1.82, 2.24) is 19.5 Å². The number of pyridine rings is 2. The highest BCUT2D eigenvalue weighted by molar-refractivity contribution is 7.85. The molecule has 3 rings (SSSR count). The third-order valence-corrected chi connectivity index (χ3v) is 5.20. The number of halogens is 4. The van der Waals surface area contributed by atoms with Crippen LogP contribution in [0, 0.1) is 0 Å². The topological polar surface area (TPSA) is 60.7 Å². The van der Waals surface area contributed by atoms with Gasteiger partial charge in [0.15, 0.2) is 0 Å². The first-order valence-electron chi connectivity index (χ1n) is 7.17. The molecule has 0 amide bonds. The highest BCUT2D eigenvalue weighted by atomic mass is 35.5. The molecule has 0 N–H and O–H groups in total. The highest BCUT2D eigenvalue weighted by Crippen LogP contribution is 2.34. The molecule has 5 nitrogen and oxygen atoms in total. The predicted molar refractivity (Wildman–Crippen MR) is 88.7 cm³/mol. The molecular formula is C15H12ClF3N4OS. The van der Waals surface area contributed by atoms with Crippen molar-refractivity contribution in [2.24, 2.45) is 7.05 Å². The average Bonchev–Trinajstić information content (AvgIpc) is 2.89. The molecule has 1 unspecified atom stereocenters. The summed E-state index contributed by atoms with van der Waals surface area (Å²) in [7, 11) is 0.221. The van der Waals surface area contributed by atoms with Gasteiger partial charge in [-0.2, -0.15) is 13.2 Å². The molecule has 0 bridgehead atoms. The van der Waals surface area contributed by atoms with Gasteiger partial charge in [-0.25, -0.2) is 15.0 Å². The zero-order valence-corrected chi connectivity index (χ0v) is 14.7. The highest BCUT2D eigenvalue weighted by Gasteiger charge is 2.33. The molecule has 0 spiro atoms. The number of fused-ring (bicyclic) bond motifs is 1. The lowest BCUT2D eigenvalue weighted by atomic mass is 10.2. The van der Waals surface area contributed by atoms with Crippen LogP contribution in [0.1, 0.15) is 12.6 Å². The first-order valence-corrected chi connectivity index (χ1v) is 8.86. The van der Waals surface area contributed by atoms with E-state index in [0.29, 0.717) is 16.8 Å². The average molecular weight is 389 g/mol. The fraction of sp³-hybridized carbons (Fsp3) is 0.267. The molecule has 25 heavy (non-hydrogen) atoms. The Morgan fingerprint density at radius 2 is 2.04 bits per heavy atom. The Morgan fingerprint density at radius 3 is 2.68 bits per heavy atom. The molecular weight excluding hydrogens is 377 g/mol. The Kier molecular flexibility index (Phi) is 4.54. The molecule has 1 atom stereocenters. The van der Waals surface area contributed by atoms with Gasteiger partial charge in [0.1, 0.15) is 16.5 Å². The van der Waals surface area contributed by atoms with Crippen LogP contribution >= 0.6 is 11.6 Å². The van der Waals surface area contributed by atoms with E-state index in [4.69, 9.17) is 11.6 Å². The summed E-state index contributed by atoms with van der Waals surface area (Å²) in [6.07, 6.45) is -2.03. The number of aromatic nitrogens is 4. The van der Waals surface area contributed by atoms with E-state index in [1.165, 1.54) is 12.3 Å². The van der Waals surface area contributed by atoms with Crippen molar-refractivity contribution < 1.29 is 17.4 Å². The van der Waals surface area contributed by atoms with Crippen LogP contribution in [0.2, 0.25) is 5.02 Å². The van der Waals surface area contributed by atoms with E-state index in [1.807, 2.05) is 0 Å². The Balaban J connectivity index is 2.27. The minimum atomic E-state index is -4.56. The smallest absolute Gasteiger partial charge is 0.326 e. The van der Waals surface area contributed by atoms with Gasteiger partial charge in [0.25, 0.3) is 0 Å². The molecule has 0 radical (unpaired) electrons. The minimum absolute atomic E-state index is 0.118. The molecule has 0 aliphatic heterocycles. The van der Waals surface area contributed by atoms with Crippen LogP contribution in [-0.2, 0) is 24.0 Å². The van der Waals surface area contributed by atoms with E-state index in [0.717, 1.165) is 12.3 Å². The third kappa shape index (κ3) is 3.13. The van der Waals surface area contributed by atoms with E-state index in [-0.39, 0.29) is 21.4 Å². The normalized spacial score (nSPS) is 13.4. The molecule has 10 heteroatoms. The van der Waals surface area contributed by atoms with Gasteiger partial charge in [0.05, 0.1) is 38.6 Å². The maximum absolute atomic E-state index is 12.9. The van der Waals surface area contributed by atoms with E-state index in [9.17, 15) is 17.4 Å². The molecule has 3 aromatic heterocycles. The van der Waals surface area contributed by atoms with Crippen LogP contribution in [-0.4, -0.2) is 29.5 Å². The Hall–Kier alpha value is -2.00. The lowest BCUT2D eigenvalue weighted by Gasteiger charge is -2.09. The van der Waals surface area contributed by atoms with Gasteiger partial charge in [0, 0.05) is 19.0 Å². The molecule has 0 fully saturated rings. The summed E-state index contributed by atoms with van der Waals surface area (Å²) in [5, 5.41) is 0.520. The van der Waals surface area contributed by atoms with Gasteiger partial charge >= 0.3 is 6.18 Å². The van der Waals surface area contributed by atoms with Crippen LogP contribution in [0.4, 0.5) is 13.2 Å². The second-order valence-electron chi connectivity index (χ2n) is 5.16. The molecule has 0 aliphatic rings. The summed E-state index contributed by atoms with van der Waals surface area (Å²) in [6.45, 7) is 1.73. The largest absolute Gasteiger partial charge is 0.433 e. The molecule has 3 aromatic rings. The molecule has 0 aliphatic carbocycles. The summed E-state index contributed by atoms with van der Waals surface area (Å²) in [4.78, 5) is 11.8. The quantitative estimate of drug-likeness (QED) is 0.684. The monoisotopic (exact) mass is 388 g/mol. The first-order chi connectivity index (χ1) is 11.7. The van der Waals surface area contributed by atoms with Crippen molar-refractivity contribution in [3.63, 3.8) is 0 Å². The van der Waals surface area contributed by atoms with Gasteiger partial charge in [0.2, 0.25) is 0 Å². The Bertz CT molecular complexity index is 987. The van der Waals surface area contributed by atoms with Crippen LogP contribution in [0.15, 0.2) is 29.6 Å². The fourth-order valence-electron chi connectivity index (χ4n) is 2.40. The lowest BCUT2D eigenvalue weighted by Crippen LogP contribution is -2.07. The third-order valence-electron chi connectivity index (χ3n) is 3.62. The second-order valence-corrected chi connectivity index (χ2v) is 7.22. The summed E-state index contributed by atoms with van der Waals surface area (Å²) in [5.41, 5.74) is -0.167. The molecule has 132 valence electrons. The zero-order valence-electron chi connectivity index (χ0n) is 13.1. The second kappa shape index (κ2) is 6.38. The van der Waals surface area contributed by atoms with E-state index in [2.05, 4.69) is 15.0 Å². The number of aryl methyl sites for hydroxylation is 1. The predicted octanol–water partition coefficient (Wildman–Crippen LogP) is 3.83. The fourth-order valence-corrected chi connectivity index (χ4v) is 3.57. The standard InChI is InChI=1S/C15H12ClF3N4OS/c1-3-25(24)14-12(8(16)4-5-20-14)13-22-9-6-11(15(17,18)19)21-7-10(9)23(13)2/h4-7H,3H2,1-2H3. The van der Waals surface area contributed by atoms with Crippen molar-refractivity contribution in [3.8, 4) is 11.4 Å². The van der Waals surface area contributed by atoms with Gasteiger partial charge in [-0.15, -0.1) is 0 Å². The SMILES string of the molecule is CCS(=O)c1nccc(Cl)c1-c1nc2cc(C(F)(F)F)ncc2n1C. The van der Waals surface area contributed by atoms with Crippen molar-refractivity contribution >= 4 is 33.4 Å². The number of hydrogen-bond donors (Lipinski definition) is 0. The number of imidazole rings is 1. The summed E-state index contributed by atoms with van der Waals surface area (Å²) >= 11 is 6.24. The van der Waals surface area contributed by atoms with Crippen molar-refractivity contribution in [2.75, 3.05) is 5.75 Å². The molecule has 3 heterocycles. The van der Waals surface area contributed by atoms with Crippen molar-refractivity contribution in [2.45, 2.75) is 18.1 Å². The molecule has 0 aromatic carbocycles. The lowest BCUT2D eigenvalue weighted by molar-refractivity contribution is -0.141. The number of nitrogens with zero attached hydrogens (tertiary/aromatic N) is 4.